The lowest BCUT2D eigenvalue weighted by atomic mass is 10.0. The maximum atomic E-state index is 11.6. The van der Waals surface area contributed by atoms with Crippen LogP contribution in [0.25, 0.3) is 11.3 Å². The topological polar surface area (TPSA) is 72.4 Å². The molecule has 0 radical (unpaired) electrons. The van der Waals surface area contributed by atoms with Crippen LogP contribution in [0.4, 0.5) is 5.69 Å². The molecule has 0 aliphatic carbocycles. The Balaban J connectivity index is 1.99. The largest absolute Gasteiger partial charge is 0.372 e. The molecule has 2 aromatic rings. The van der Waals surface area contributed by atoms with E-state index in [2.05, 4.69) is 14.9 Å². The number of carbonyl (C=O) groups is 2. The molecular weight excluding hydrogens is 306 g/mol. The van der Waals surface area contributed by atoms with Crippen LogP contribution in [0, 0.1) is 0 Å². The summed E-state index contributed by atoms with van der Waals surface area (Å²) in [4.78, 5) is 33.4. The smallest absolute Gasteiger partial charge is 0.152 e. The maximum absolute atomic E-state index is 11.6. The first-order chi connectivity index (χ1) is 11.6. The highest BCUT2D eigenvalue weighted by Crippen LogP contribution is 2.27. The zero-order valence-electron chi connectivity index (χ0n) is 13.7. The average Bonchev–Trinajstić information content (AvgIpc) is 2.60. The number of rotatable bonds is 4. The van der Waals surface area contributed by atoms with Crippen molar-refractivity contribution in [2.45, 2.75) is 26.1 Å². The molecule has 6 heteroatoms. The fraction of sp³-hybridized carbons (Fsp3) is 0.333. The Bertz CT molecular complexity index is 753. The first-order valence-corrected chi connectivity index (χ1v) is 7.87. The molecule has 0 amide bonds. The van der Waals surface area contributed by atoms with Crippen molar-refractivity contribution >= 4 is 18.3 Å². The average molecular weight is 325 g/mol. The number of morpholine rings is 1. The third-order valence-corrected chi connectivity index (χ3v) is 4.06. The van der Waals surface area contributed by atoms with Crippen LogP contribution in [0.15, 0.2) is 30.7 Å². The van der Waals surface area contributed by atoms with Crippen molar-refractivity contribution in [2.75, 3.05) is 18.0 Å². The molecule has 3 heterocycles. The lowest BCUT2D eigenvalue weighted by Crippen LogP contribution is -2.45. The Kier molecular flexibility index (Phi) is 4.66. The molecule has 0 spiro atoms. The summed E-state index contributed by atoms with van der Waals surface area (Å²) in [5.74, 6) is 0. The van der Waals surface area contributed by atoms with E-state index in [0.29, 0.717) is 35.5 Å². The molecule has 0 bridgehead atoms. The van der Waals surface area contributed by atoms with Crippen LogP contribution in [0.2, 0.25) is 0 Å². The molecule has 0 unspecified atom stereocenters. The summed E-state index contributed by atoms with van der Waals surface area (Å²) in [5.41, 5.74) is 3.00. The van der Waals surface area contributed by atoms with Gasteiger partial charge in [-0.25, -0.2) is 0 Å². The van der Waals surface area contributed by atoms with Gasteiger partial charge in [-0.2, -0.15) is 0 Å². The van der Waals surface area contributed by atoms with Gasteiger partial charge in [-0.05, 0) is 26.0 Å². The van der Waals surface area contributed by atoms with Crippen LogP contribution in [-0.4, -0.2) is 47.8 Å². The van der Waals surface area contributed by atoms with E-state index in [-0.39, 0.29) is 12.2 Å². The number of anilines is 1. The molecule has 3 rings (SSSR count). The summed E-state index contributed by atoms with van der Waals surface area (Å²) in [5, 5.41) is 0. The van der Waals surface area contributed by atoms with Gasteiger partial charge in [0.2, 0.25) is 0 Å². The molecule has 24 heavy (non-hydrogen) atoms. The lowest BCUT2D eigenvalue weighted by molar-refractivity contribution is -0.00527. The predicted molar refractivity (Wildman–Crippen MR) is 90.5 cm³/mol. The van der Waals surface area contributed by atoms with Crippen molar-refractivity contribution in [3.63, 3.8) is 0 Å². The monoisotopic (exact) mass is 325 g/mol. The minimum absolute atomic E-state index is 0.0907. The predicted octanol–water partition coefficient (Wildman–Crippen LogP) is 2.38. The first-order valence-electron chi connectivity index (χ1n) is 7.87. The fourth-order valence-corrected chi connectivity index (χ4v) is 3.07. The molecule has 124 valence electrons. The molecule has 0 aromatic carbocycles. The zero-order chi connectivity index (χ0) is 17.1. The van der Waals surface area contributed by atoms with E-state index < -0.39 is 0 Å². The molecule has 1 saturated heterocycles. The van der Waals surface area contributed by atoms with Gasteiger partial charge in [0.05, 0.1) is 29.8 Å². The highest BCUT2D eigenvalue weighted by Gasteiger charge is 2.24. The molecule has 1 aliphatic heterocycles. The van der Waals surface area contributed by atoms with E-state index in [1.165, 1.54) is 0 Å². The highest BCUT2D eigenvalue weighted by molar-refractivity contribution is 5.90. The minimum atomic E-state index is 0.0907. The van der Waals surface area contributed by atoms with Crippen molar-refractivity contribution < 1.29 is 14.3 Å². The Labute approximate surface area is 140 Å². The van der Waals surface area contributed by atoms with Gasteiger partial charge in [-0.3, -0.25) is 19.6 Å². The van der Waals surface area contributed by atoms with Crippen LogP contribution in [0.5, 0.6) is 0 Å². The van der Waals surface area contributed by atoms with E-state index in [1.807, 2.05) is 13.8 Å². The normalized spacial score (nSPS) is 20.7. The number of hydrogen-bond acceptors (Lipinski definition) is 6. The Morgan fingerprint density at radius 1 is 1.12 bits per heavy atom. The van der Waals surface area contributed by atoms with Crippen molar-refractivity contribution in [3.05, 3.63) is 41.9 Å². The molecule has 0 N–H and O–H groups in total. The van der Waals surface area contributed by atoms with Crippen LogP contribution < -0.4 is 4.90 Å². The van der Waals surface area contributed by atoms with E-state index >= 15 is 0 Å². The lowest BCUT2D eigenvalue weighted by Gasteiger charge is -2.37. The Morgan fingerprint density at radius 3 is 2.50 bits per heavy atom. The van der Waals surface area contributed by atoms with Crippen LogP contribution >= 0.6 is 0 Å². The Hall–Kier alpha value is -2.60. The second-order valence-electron chi connectivity index (χ2n) is 5.99. The van der Waals surface area contributed by atoms with Crippen molar-refractivity contribution in [1.29, 1.82) is 0 Å². The number of aldehydes is 2. The van der Waals surface area contributed by atoms with Gasteiger partial charge in [0.25, 0.3) is 0 Å². The summed E-state index contributed by atoms with van der Waals surface area (Å²) < 4.78 is 5.74. The second kappa shape index (κ2) is 6.88. The Morgan fingerprint density at radius 2 is 1.83 bits per heavy atom. The fourth-order valence-electron chi connectivity index (χ4n) is 3.07. The van der Waals surface area contributed by atoms with E-state index in [0.717, 1.165) is 18.3 Å². The summed E-state index contributed by atoms with van der Waals surface area (Å²) in [6.45, 7) is 5.44. The van der Waals surface area contributed by atoms with Gasteiger partial charge in [0.15, 0.2) is 12.6 Å². The van der Waals surface area contributed by atoms with E-state index in [9.17, 15) is 9.59 Å². The van der Waals surface area contributed by atoms with Gasteiger partial charge in [-0.1, -0.05) is 0 Å². The van der Waals surface area contributed by atoms with Crippen LogP contribution in [0.3, 0.4) is 0 Å². The molecule has 6 nitrogen and oxygen atoms in total. The molecule has 2 atom stereocenters. The second-order valence-corrected chi connectivity index (χ2v) is 5.99. The summed E-state index contributed by atoms with van der Waals surface area (Å²) in [7, 11) is 0. The van der Waals surface area contributed by atoms with Gasteiger partial charge in [0, 0.05) is 42.2 Å². The number of nitrogens with zero attached hydrogens (tertiary/aromatic N) is 3. The van der Waals surface area contributed by atoms with E-state index in [1.54, 1.807) is 30.7 Å². The van der Waals surface area contributed by atoms with Crippen LogP contribution in [-0.2, 0) is 4.74 Å². The SMILES string of the molecule is C[C@@H]1CN(c2cnc(-c3cnccc3C=O)cc2C=O)C[C@H](C)O1. The third-order valence-electron chi connectivity index (χ3n) is 4.06. The van der Waals surface area contributed by atoms with E-state index in [4.69, 9.17) is 4.74 Å². The van der Waals surface area contributed by atoms with Gasteiger partial charge in [-0.15, -0.1) is 0 Å². The van der Waals surface area contributed by atoms with Crippen LogP contribution in [0.1, 0.15) is 34.6 Å². The number of aromatic nitrogens is 2. The van der Waals surface area contributed by atoms with Crippen molar-refractivity contribution in [1.82, 2.24) is 9.97 Å². The van der Waals surface area contributed by atoms with Gasteiger partial charge < -0.3 is 9.64 Å². The molecular formula is C18H19N3O3. The summed E-state index contributed by atoms with van der Waals surface area (Å²) in [6.07, 6.45) is 6.59. The molecule has 2 aromatic heterocycles. The minimum Gasteiger partial charge on any atom is -0.372 e. The molecule has 1 aliphatic rings. The maximum Gasteiger partial charge on any atom is 0.152 e. The number of ether oxygens (including phenoxy) is 1. The standard InChI is InChI=1S/C18H19N3O3/c1-12-8-21(9-13(2)24-12)18-7-20-17(5-15(18)11-23)16-6-19-4-3-14(16)10-22/h3-7,10-13H,8-9H2,1-2H3/t12-,13+. The summed E-state index contributed by atoms with van der Waals surface area (Å²) >= 11 is 0. The number of carbonyl (C=O) groups excluding carboxylic acids is 2. The van der Waals surface area contributed by atoms with Crippen molar-refractivity contribution in [3.8, 4) is 11.3 Å². The third kappa shape index (κ3) is 3.19. The van der Waals surface area contributed by atoms with Crippen molar-refractivity contribution in [2.24, 2.45) is 0 Å². The number of pyridine rings is 2. The first kappa shape index (κ1) is 16.3. The molecule has 0 saturated carbocycles. The zero-order valence-corrected chi connectivity index (χ0v) is 13.7. The summed E-state index contributed by atoms with van der Waals surface area (Å²) in [6, 6.07) is 3.33. The quantitative estimate of drug-likeness (QED) is 0.804. The number of hydrogen-bond donors (Lipinski definition) is 0. The molecule has 1 fully saturated rings. The van der Waals surface area contributed by atoms with Gasteiger partial charge in [0.1, 0.15) is 0 Å². The highest BCUT2D eigenvalue weighted by atomic mass is 16.5. The van der Waals surface area contributed by atoms with Gasteiger partial charge >= 0.3 is 0 Å².